The normalized spacial score (nSPS) is 19.7. The Morgan fingerprint density at radius 2 is 2.19 bits per heavy atom. The summed E-state index contributed by atoms with van der Waals surface area (Å²) in [5.41, 5.74) is 1.75. The summed E-state index contributed by atoms with van der Waals surface area (Å²) in [7, 11) is 0. The smallest absolute Gasteiger partial charge is 0.321 e. The summed E-state index contributed by atoms with van der Waals surface area (Å²) in [5.74, 6) is 0.653. The Bertz CT molecular complexity index is 867. The Morgan fingerprint density at radius 1 is 1.35 bits per heavy atom. The predicted octanol–water partition coefficient (Wildman–Crippen LogP) is 1.96. The average Bonchev–Trinajstić information content (AvgIpc) is 3.42. The zero-order chi connectivity index (χ0) is 17.9. The van der Waals surface area contributed by atoms with Gasteiger partial charge in [0.05, 0.1) is 18.1 Å². The zero-order valence-electron chi connectivity index (χ0n) is 13.9. The first kappa shape index (κ1) is 16.7. The summed E-state index contributed by atoms with van der Waals surface area (Å²) in [4.78, 5) is 22.6. The third-order valence-corrected chi connectivity index (χ3v) is 5.23. The van der Waals surface area contributed by atoms with Gasteiger partial charge in [0.25, 0.3) is 0 Å². The minimum Gasteiger partial charge on any atom is -0.396 e. The molecule has 3 aromatic rings. The van der Waals surface area contributed by atoms with E-state index in [9.17, 15) is 9.90 Å². The molecule has 4 heterocycles. The SMILES string of the molecule is O=C(Nc1cnn(-c2ncccn2)c1)N1C[C@@H](CO)[C@H](c2ccsc2)C1. The van der Waals surface area contributed by atoms with Crippen molar-refractivity contribution in [3.05, 3.63) is 53.2 Å². The molecule has 0 unspecified atom stereocenters. The summed E-state index contributed by atoms with van der Waals surface area (Å²) in [6.45, 7) is 1.18. The molecule has 1 aliphatic heterocycles. The molecular weight excluding hydrogens is 352 g/mol. The number of nitrogens with zero attached hydrogens (tertiary/aromatic N) is 5. The average molecular weight is 370 g/mol. The number of likely N-dealkylation sites (tertiary alicyclic amines) is 1. The van der Waals surface area contributed by atoms with Gasteiger partial charge in [-0.3, -0.25) is 0 Å². The summed E-state index contributed by atoms with van der Waals surface area (Å²) in [6, 6.07) is 3.59. The number of carbonyl (C=O) groups excluding carboxylic acids is 1. The second kappa shape index (κ2) is 7.22. The summed E-state index contributed by atoms with van der Waals surface area (Å²) < 4.78 is 1.50. The van der Waals surface area contributed by atoms with Crippen molar-refractivity contribution < 1.29 is 9.90 Å². The highest BCUT2D eigenvalue weighted by Gasteiger charge is 2.36. The molecule has 1 saturated heterocycles. The van der Waals surface area contributed by atoms with Crippen LogP contribution < -0.4 is 5.32 Å². The third-order valence-electron chi connectivity index (χ3n) is 4.52. The van der Waals surface area contributed by atoms with Gasteiger partial charge in [-0.25, -0.2) is 19.4 Å². The van der Waals surface area contributed by atoms with Crippen molar-refractivity contribution in [3.63, 3.8) is 0 Å². The molecule has 2 N–H and O–H groups in total. The Morgan fingerprint density at radius 3 is 2.92 bits per heavy atom. The van der Waals surface area contributed by atoms with Crippen molar-refractivity contribution in [2.75, 3.05) is 25.0 Å². The second-order valence-electron chi connectivity index (χ2n) is 6.16. The van der Waals surface area contributed by atoms with E-state index in [0.717, 1.165) is 0 Å². The van der Waals surface area contributed by atoms with Crippen LogP contribution in [0.4, 0.5) is 10.5 Å². The van der Waals surface area contributed by atoms with Gasteiger partial charge in [-0.05, 0) is 28.5 Å². The standard InChI is InChI=1S/C17H18N6O2S/c24-10-13-7-22(9-15(13)12-2-5-26-11-12)17(25)21-14-6-20-23(8-14)16-18-3-1-4-19-16/h1-6,8,11,13,15,24H,7,9-10H2,(H,21,25)/t13-,15-/m0/s1. The van der Waals surface area contributed by atoms with E-state index < -0.39 is 0 Å². The first-order valence-corrected chi connectivity index (χ1v) is 9.20. The van der Waals surface area contributed by atoms with E-state index in [1.54, 1.807) is 47.1 Å². The van der Waals surface area contributed by atoms with Crippen molar-refractivity contribution in [1.29, 1.82) is 0 Å². The van der Waals surface area contributed by atoms with Crippen LogP contribution in [-0.2, 0) is 0 Å². The van der Waals surface area contributed by atoms with Gasteiger partial charge < -0.3 is 15.3 Å². The van der Waals surface area contributed by atoms with Gasteiger partial charge >= 0.3 is 6.03 Å². The molecule has 134 valence electrons. The molecule has 1 aliphatic rings. The van der Waals surface area contributed by atoms with Crippen molar-refractivity contribution in [2.45, 2.75) is 5.92 Å². The molecule has 0 bridgehead atoms. The number of hydrogen-bond acceptors (Lipinski definition) is 6. The lowest BCUT2D eigenvalue weighted by Gasteiger charge is -2.16. The van der Waals surface area contributed by atoms with Crippen LogP contribution in [0.15, 0.2) is 47.7 Å². The predicted molar refractivity (Wildman–Crippen MR) is 97.4 cm³/mol. The van der Waals surface area contributed by atoms with Gasteiger partial charge in [-0.15, -0.1) is 0 Å². The van der Waals surface area contributed by atoms with E-state index in [0.29, 0.717) is 24.7 Å². The van der Waals surface area contributed by atoms with Crippen molar-refractivity contribution in [1.82, 2.24) is 24.6 Å². The number of urea groups is 1. The molecule has 1 fully saturated rings. The zero-order valence-corrected chi connectivity index (χ0v) is 14.7. The molecule has 9 heteroatoms. The number of aliphatic hydroxyl groups is 1. The fourth-order valence-corrected chi connectivity index (χ4v) is 3.92. The highest BCUT2D eigenvalue weighted by Crippen LogP contribution is 2.33. The van der Waals surface area contributed by atoms with Crippen LogP contribution in [0.2, 0.25) is 0 Å². The summed E-state index contributed by atoms with van der Waals surface area (Å²) in [6.07, 6.45) is 6.49. The third kappa shape index (κ3) is 3.31. The van der Waals surface area contributed by atoms with Gasteiger partial charge in [0.15, 0.2) is 0 Å². The molecule has 0 radical (unpaired) electrons. The fourth-order valence-electron chi connectivity index (χ4n) is 3.19. The van der Waals surface area contributed by atoms with Crippen LogP contribution in [0, 0.1) is 5.92 Å². The molecule has 2 atom stereocenters. The Labute approximate surface area is 154 Å². The summed E-state index contributed by atoms with van der Waals surface area (Å²) >= 11 is 1.63. The number of nitrogens with one attached hydrogen (secondary N) is 1. The molecule has 0 saturated carbocycles. The van der Waals surface area contributed by atoms with Crippen molar-refractivity contribution in [2.24, 2.45) is 5.92 Å². The molecule has 4 rings (SSSR count). The molecule has 0 aromatic carbocycles. The van der Waals surface area contributed by atoms with Crippen LogP contribution in [-0.4, -0.2) is 55.5 Å². The number of thiophene rings is 1. The lowest BCUT2D eigenvalue weighted by Crippen LogP contribution is -2.33. The van der Waals surface area contributed by atoms with E-state index in [-0.39, 0.29) is 24.5 Å². The lowest BCUT2D eigenvalue weighted by atomic mass is 9.92. The van der Waals surface area contributed by atoms with E-state index in [1.807, 2.05) is 5.38 Å². The number of rotatable bonds is 4. The number of anilines is 1. The lowest BCUT2D eigenvalue weighted by molar-refractivity contribution is 0.207. The van der Waals surface area contributed by atoms with E-state index in [4.69, 9.17) is 0 Å². The molecule has 0 aliphatic carbocycles. The number of amides is 2. The molecule has 0 spiro atoms. The van der Waals surface area contributed by atoms with Crippen LogP contribution >= 0.6 is 11.3 Å². The maximum Gasteiger partial charge on any atom is 0.321 e. The van der Waals surface area contributed by atoms with Gasteiger partial charge in [-0.2, -0.15) is 16.4 Å². The maximum absolute atomic E-state index is 12.6. The topological polar surface area (TPSA) is 96.2 Å². The maximum atomic E-state index is 12.6. The van der Waals surface area contributed by atoms with Gasteiger partial charge in [0.1, 0.15) is 0 Å². The highest BCUT2D eigenvalue weighted by molar-refractivity contribution is 7.08. The Balaban J connectivity index is 1.43. The first-order valence-electron chi connectivity index (χ1n) is 8.25. The molecule has 26 heavy (non-hydrogen) atoms. The number of carbonyl (C=O) groups is 1. The Kier molecular flexibility index (Phi) is 4.63. The summed E-state index contributed by atoms with van der Waals surface area (Å²) in [5, 5.41) is 20.8. The van der Waals surface area contributed by atoms with E-state index in [2.05, 4.69) is 31.8 Å². The number of aliphatic hydroxyl groups excluding tert-OH is 1. The number of hydrogen-bond donors (Lipinski definition) is 2. The second-order valence-corrected chi connectivity index (χ2v) is 6.94. The van der Waals surface area contributed by atoms with Gasteiger partial charge in [0.2, 0.25) is 5.95 Å². The quantitative estimate of drug-likeness (QED) is 0.732. The van der Waals surface area contributed by atoms with Crippen LogP contribution in [0.3, 0.4) is 0 Å². The van der Waals surface area contributed by atoms with Crippen LogP contribution in [0.25, 0.3) is 5.95 Å². The van der Waals surface area contributed by atoms with Crippen LogP contribution in [0.1, 0.15) is 11.5 Å². The van der Waals surface area contributed by atoms with Crippen LogP contribution in [0.5, 0.6) is 0 Å². The Hall–Kier alpha value is -2.78. The van der Waals surface area contributed by atoms with E-state index in [1.165, 1.54) is 10.2 Å². The minimum absolute atomic E-state index is 0.0517. The molecular formula is C17H18N6O2S. The van der Waals surface area contributed by atoms with Crippen molar-refractivity contribution in [3.8, 4) is 5.95 Å². The monoisotopic (exact) mass is 370 g/mol. The van der Waals surface area contributed by atoms with E-state index >= 15 is 0 Å². The van der Waals surface area contributed by atoms with Gasteiger partial charge in [0, 0.05) is 43.9 Å². The fraction of sp³-hybridized carbons (Fsp3) is 0.294. The minimum atomic E-state index is -0.199. The van der Waals surface area contributed by atoms with Crippen molar-refractivity contribution >= 4 is 23.1 Å². The van der Waals surface area contributed by atoms with Gasteiger partial charge in [-0.1, -0.05) is 0 Å². The first-order chi connectivity index (χ1) is 12.7. The molecule has 8 nitrogen and oxygen atoms in total. The molecule has 3 aromatic heterocycles. The number of aromatic nitrogens is 4. The largest absolute Gasteiger partial charge is 0.396 e. The molecule has 2 amide bonds. The highest BCUT2D eigenvalue weighted by atomic mass is 32.1.